The van der Waals surface area contributed by atoms with E-state index < -0.39 is 0 Å². The van der Waals surface area contributed by atoms with Crippen LogP contribution < -0.4 is 16.6 Å². The zero-order chi connectivity index (χ0) is 28.4. The van der Waals surface area contributed by atoms with Crippen molar-refractivity contribution in [3.63, 3.8) is 0 Å². The van der Waals surface area contributed by atoms with Crippen LogP contribution in [0.3, 0.4) is 0 Å². The predicted octanol–water partition coefficient (Wildman–Crippen LogP) is 2.68. The highest BCUT2D eigenvalue weighted by Crippen LogP contribution is 2.28. The summed E-state index contributed by atoms with van der Waals surface area (Å²) >= 11 is 0. The van der Waals surface area contributed by atoms with E-state index in [1.807, 2.05) is 0 Å². The molecule has 0 saturated heterocycles. The van der Waals surface area contributed by atoms with Gasteiger partial charge < -0.3 is 36.4 Å². The lowest BCUT2D eigenvalue weighted by atomic mass is 10.2. The molecule has 14 nitrogen and oxygen atoms in total. The van der Waals surface area contributed by atoms with Crippen LogP contribution in [0.15, 0.2) is 70.9 Å². The monoisotopic (exact) mass is 533 g/mol. The summed E-state index contributed by atoms with van der Waals surface area (Å²) in [5.41, 5.74) is 11.6. The Kier molecular flexibility index (Phi) is 9.02. The molecule has 0 spiro atoms. The minimum atomic E-state index is -0.363. The molecule has 0 atom stereocenters. The summed E-state index contributed by atoms with van der Waals surface area (Å²) in [6, 6.07) is 14.6. The van der Waals surface area contributed by atoms with Gasteiger partial charge in [0.2, 0.25) is 5.95 Å². The number of benzene rings is 3. The third-order valence-electron chi connectivity index (χ3n) is 4.77. The molecule has 14 heteroatoms. The summed E-state index contributed by atoms with van der Waals surface area (Å²) in [4.78, 5) is 18.0. The van der Waals surface area contributed by atoms with Crippen LogP contribution in [0.2, 0.25) is 0 Å². The van der Waals surface area contributed by atoms with Crippen LogP contribution in [0.25, 0.3) is 0 Å². The average Bonchev–Trinajstić information content (AvgIpc) is 2.91. The number of nitrogens with zero attached hydrogens (tertiary/aromatic N) is 4. The zero-order valence-electron chi connectivity index (χ0n) is 20.0. The van der Waals surface area contributed by atoms with E-state index in [2.05, 4.69) is 31.0 Å². The molecule has 0 aliphatic rings. The highest BCUT2D eigenvalue weighted by molar-refractivity contribution is 5.86. The van der Waals surface area contributed by atoms with Crippen molar-refractivity contribution < 1.29 is 35.4 Å². The average molecular weight is 534 g/mol. The Labute approximate surface area is 220 Å². The third-order valence-corrected chi connectivity index (χ3v) is 4.77. The van der Waals surface area contributed by atoms with Gasteiger partial charge in [-0.05, 0) is 36.4 Å². The number of aromatic hydroxyl groups is 6. The molecule has 1 aromatic heterocycles. The van der Waals surface area contributed by atoms with Crippen molar-refractivity contribution in [3.05, 3.63) is 77.4 Å². The van der Waals surface area contributed by atoms with Crippen molar-refractivity contribution >= 4 is 36.3 Å². The molecule has 0 aliphatic heterocycles. The first-order valence-corrected chi connectivity index (χ1v) is 10.9. The SMILES string of the molecule is Nc1nc(N/N=C/c2cccc(O)c2O)cc(N/N=C/c2cccc(O)c2O)n1.O=Cc1cccc(O)c1O. The molecular formula is C25H23N7O7. The fourth-order valence-electron chi connectivity index (χ4n) is 2.87. The number of phenolic OH excluding ortho intramolecular Hbond substituents is 6. The van der Waals surface area contributed by atoms with Gasteiger partial charge in [0.1, 0.15) is 0 Å². The van der Waals surface area contributed by atoms with Crippen LogP contribution in [-0.4, -0.2) is 59.3 Å². The lowest BCUT2D eigenvalue weighted by Gasteiger charge is -2.05. The molecule has 39 heavy (non-hydrogen) atoms. The molecule has 0 aliphatic carbocycles. The van der Waals surface area contributed by atoms with E-state index in [-0.39, 0.29) is 57.6 Å². The van der Waals surface area contributed by atoms with E-state index >= 15 is 0 Å². The molecule has 0 bridgehead atoms. The Hall–Kier alpha value is -6.05. The smallest absolute Gasteiger partial charge is 0.224 e. The van der Waals surface area contributed by atoms with Crippen LogP contribution in [-0.2, 0) is 0 Å². The summed E-state index contributed by atoms with van der Waals surface area (Å²) in [7, 11) is 0. The summed E-state index contributed by atoms with van der Waals surface area (Å²) in [5.74, 6) is -1.33. The van der Waals surface area contributed by atoms with Gasteiger partial charge in [-0.3, -0.25) is 15.6 Å². The van der Waals surface area contributed by atoms with Crippen LogP contribution in [0.1, 0.15) is 21.5 Å². The van der Waals surface area contributed by atoms with E-state index in [9.17, 15) is 25.2 Å². The predicted molar refractivity (Wildman–Crippen MR) is 144 cm³/mol. The molecule has 0 radical (unpaired) electrons. The zero-order valence-corrected chi connectivity index (χ0v) is 20.0. The Balaban J connectivity index is 0.000000353. The lowest BCUT2D eigenvalue weighted by molar-refractivity contribution is 0.112. The maximum absolute atomic E-state index is 10.1. The number of nitrogen functional groups attached to an aromatic ring is 1. The van der Waals surface area contributed by atoms with Crippen LogP contribution in [0, 0.1) is 0 Å². The summed E-state index contributed by atoms with van der Waals surface area (Å²) in [6.07, 6.45) is 3.07. The van der Waals surface area contributed by atoms with Crippen molar-refractivity contribution in [2.24, 2.45) is 10.2 Å². The molecule has 10 N–H and O–H groups in total. The number of phenols is 6. The minimum absolute atomic E-state index is 0.0525. The largest absolute Gasteiger partial charge is 0.504 e. The number of hydrogen-bond donors (Lipinski definition) is 9. The number of carbonyl (C=O) groups excluding carboxylic acids is 1. The quantitative estimate of drug-likeness (QED) is 0.0721. The third kappa shape index (κ3) is 7.47. The van der Waals surface area contributed by atoms with E-state index in [4.69, 9.17) is 15.9 Å². The topological polar surface area (TPSA) is 239 Å². The second-order valence-electron chi connectivity index (χ2n) is 7.50. The van der Waals surface area contributed by atoms with Gasteiger partial charge in [0.15, 0.2) is 52.4 Å². The maximum atomic E-state index is 10.1. The molecule has 4 rings (SSSR count). The van der Waals surface area contributed by atoms with E-state index in [1.165, 1.54) is 48.8 Å². The van der Waals surface area contributed by atoms with Gasteiger partial charge >= 0.3 is 0 Å². The van der Waals surface area contributed by atoms with Crippen molar-refractivity contribution in [1.82, 2.24) is 9.97 Å². The molecule has 0 unspecified atom stereocenters. The Morgan fingerprint density at radius 1 is 0.641 bits per heavy atom. The first kappa shape index (κ1) is 27.5. The standard InChI is InChI=1S/C18H17N7O4.C7H6O3/c19-18-22-14(24-20-8-10-3-1-5-12(26)16(10)28)7-15(23-18)25-21-9-11-4-2-6-13(27)17(11)29;8-4-5-2-1-3-6(9)7(5)10/h1-9,26-29H,(H4,19,22,23,24,25);1-4,9-10H/b20-8+,21-9+;. The highest BCUT2D eigenvalue weighted by Gasteiger charge is 2.05. The van der Waals surface area contributed by atoms with Gasteiger partial charge in [-0.1, -0.05) is 18.2 Å². The molecule has 0 amide bonds. The van der Waals surface area contributed by atoms with Crippen molar-refractivity contribution in [2.75, 3.05) is 16.6 Å². The summed E-state index contributed by atoms with van der Waals surface area (Å²) in [5, 5.41) is 64.0. The van der Waals surface area contributed by atoms with Crippen molar-refractivity contribution in [1.29, 1.82) is 0 Å². The number of anilines is 3. The number of para-hydroxylation sites is 3. The normalized spacial score (nSPS) is 10.7. The van der Waals surface area contributed by atoms with E-state index in [0.717, 1.165) is 0 Å². The number of aldehydes is 1. The van der Waals surface area contributed by atoms with Crippen LogP contribution in [0.5, 0.6) is 34.5 Å². The number of hydrogen-bond acceptors (Lipinski definition) is 14. The second kappa shape index (κ2) is 12.8. The fourth-order valence-corrected chi connectivity index (χ4v) is 2.87. The first-order valence-electron chi connectivity index (χ1n) is 10.9. The lowest BCUT2D eigenvalue weighted by Crippen LogP contribution is -2.03. The molecule has 4 aromatic rings. The molecular weight excluding hydrogens is 510 g/mol. The number of rotatable bonds is 7. The van der Waals surface area contributed by atoms with Gasteiger partial charge in [-0.25, -0.2) is 0 Å². The maximum Gasteiger partial charge on any atom is 0.224 e. The van der Waals surface area contributed by atoms with Crippen LogP contribution >= 0.6 is 0 Å². The van der Waals surface area contributed by atoms with Crippen LogP contribution in [0.4, 0.5) is 17.6 Å². The fraction of sp³-hybridized carbons (Fsp3) is 0. The van der Waals surface area contributed by atoms with Gasteiger partial charge in [0.05, 0.1) is 18.0 Å². The Bertz CT molecular complexity index is 1450. The van der Waals surface area contributed by atoms with Gasteiger partial charge in [0.25, 0.3) is 0 Å². The molecule has 0 saturated carbocycles. The molecule has 0 fully saturated rings. The number of hydrazone groups is 2. The number of nitrogens with two attached hydrogens (primary N) is 1. The van der Waals surface area contributed by atoms with E-state index in [1.54, 1.807) is 24.3 Å². The van der Waals surface area contributed by atoms with Crippen molar-refractivity contribution in [3.8, 4) is 34.5 Å². The number of aromatic nitrogens is 2. The Morgan fingerprint density at radius 2 is 1.03 bits per heavy atom. The van der Waals surface area contributed by atoms with Crippen molar-refractivity contribution in [2.45, 2.75) is 0 Å². The van der Waals surface area contributed by atoms with Gasteiger partial charge in [0, 0.05) is 17.2 Å². The molecule has 3 aromatic carbocycles. The highest BCUT2D eigenvalue weighted by atomic mass is 16.3. The Morgan fingerprint density at radius 3 is 1.41 bits per heavy atom. The molecule has 1 heterocycles. The molecule has 200 valence electrons. The van der Waals surface area contributed by atoms with Gasteiger partial charge in [-0.2, -0.15) is 20.2 Å². The number of carbonyl (C=O) groups is 1. The number of nitrogens with one attached hydrogen (secondary N) is 2. The summed E-state index contributed by atoms with van der Waals surface area (Å²) < 4.78 is 0. The first-order chi connectivity index (χ1) is 18.7. The second-order valence-corrected chi connectivity index (χ2v) is 7.50. The van der Waals surface area contributed by atoms with E-state index in [0.29, 0.717) is 17.4 Å². The minimum Gasteiger partial charge on any atom is -0.504 e. The van der Waals surface area contributed by atoms with Gasteiger partial charge in [-0.15, -0.1) is 0 Å². The summed E-state index contributed by atoms with van der Waals surface area (Å²) in [6.45, 7) is 0.